The maximum Gasteiger partial charge on any atom is 0.262 e. The van der Waals surface area contributed by atoms with E-state index in [0.29, 0.717) is 0 Å². The number of benzene rings is 2. The van der Waals surface area contributed by atoms with Crippen LogP contribution in [0.3, 0.4) is 0 Å². The van der Waals surface area contributed by atoms with Crippen molar-refractivity contribution < 1.29 is 13.6 Å². The van der Waals surface area contributed by atoms with E-state index in [1.807, 2.05) is 44.3 Å². The first-order valence-electron chi connectivity index (χ1n) is 9.26. The van der Waals surface area contributed by atoms with Gasteiger partial charge >= 0.3 is 0 Å². The zero-order valence-electron chi connectivity index (χ0n) is 16.4. The molecule has 150 valence electrons. The maximum atomic E-state index is 13.8. The van der Waals surface area contributed by atoms with Gasteiger partial charge in [-0.2, -0.15) is 5.10 Å². The predicted octanol–water partition coefficient (Wildman–Crippen LogP) is 4.99. The Kier molecular flexibility index (Phi) is 5.10. The maximum absolute atomic E-state index is 13.8. The first-order valence-corrected chi connectivity index (χ1v) is 9.26. The van der Waals surface area contributed by atoms with Gasteiger partial charge in [-0.15, -0.1) is 0 Å². The van der Waals surface area contributed by atoms with Gasteiger partial charge in [0.1, 0.15) is 23.0 Å². The van der Waals surface area contributed by atoms with Crippen LogP contribution in [0.1, 0.15) is 15.9 Å². The monoisotopic (exact) mass is 404 g/mol. The Morgan fingerprint density at radius 1 is 1.00 bits per heavy atom. The lowest BCUT2D eigenvalue weighted by atomic mass is 10.1. The number of nitrogens with zero attached hydrogens (tertiary/aromatic N) is 3. The summed E-state index contributed by atoms with van der Waals surface area (Å²) in [7, 11) is 1.84. The number of halogens is 2. The second-order valence-corrected chi connectivity index (χ2v) is 6.84. The van der Waals surface area contributed by atoms with E-state index >= 15 is 0 Å². The first kappa shape index (κ1) is 19.4. The molecule has 0 fully saturated rings. The second-order valence-electron chi connectivity index (χ2n) is 6.84. The second kappa shape index (κ2) is 7.87. The number of hydrogen-bond donors (Lipinski definition) is 1. The summed E-state index contributed by atoms with van der Waals surface area (Å²) in [4.78, 5) is 16.4. The molecule has 5 nitrogen and oxygen atoms in total. The molecule has 1 amide bonds. The van der Waals surface area contributed by atoms with Crippen LogP contribution in [-0.2, 0) is 7.05 Å². The van der Waals surface area contributed by atoms with Crippen molar-refractivity contribution in [2.75, 3.05) is 5.32 Å². The molecule has 4 rings (SSSR count). The molecule has 0 aliphatic carbocycles. The van der Waals surface area contributed by atoms with Crippen LogP contribution in [0.15, 0.2) is 66.9 Å². The van der Waals surface area contributed by atoms with E-state index in [0.717, 1.165) is 40.2 Å². The number of aromatic nitrogens is 3. The molecule has 0 unspecified atom stereocenters. The number of nitrogens with one attached hydrogen (secondary N) is 1. The van der Waals surface area contributed by atoms with Crippen LogP contribution in [0, 0.1) is 18.6 Å². The largest absolute Gasteiger partial charge is 0.306 e. The van der Waals surface area contributed by atoms with Crippen LogP contribution in [-0.4, -0.2) is 20.7 Å². The number of hydrogen-bond acceptors (Lipinski definition) is 3. The number of anilines is 1. The zero-order valence-corrected chi connectivity index (χ0v) is 16.4. The van der Waals surface area contributed by atoms with Crippen molar-refractivity contribution in [1.82, 2.24) is 14.8 Å². The number of aryl methyl sites for hydroxylation is 2. The van der Waals surface area contributed by atoms with E-state index in [2.05, 4.69) is 15.4 Å². The standard InChI is InChI=1S/C23H18F2N4O/c1-14-6-3-4-7-16(14)19-12-20(29(2)28-19)15-10-11-21(26-13-15)27-23(30)22-17(24)8-5-9-18(22)25/h3-13H,1-2H3,(H,26,27,30). The summed E-state index contributed by atoms with van der Waals surface area (Å²) in [5.74, 6) is -2.56. The topological polar surface area (TPSA) is 59.8 Å². The number of carbonyl (C=O) groups is 1. The first-order chi connectivity index (χ1) is 14.4. The van der Waals surface area contributed by atoms with E-state index in [9.17, 15) is 13.6 Å². The van der Waals surface area contributed by atoms with Gasteiger partial charge in [0, 0.05) is 24.4 Å². The molecule has 0 saturated carbocycles. The van der Waals surface area contributed by atoms with Crippen molar-refractivity contribution in [2.24, 2.45) is 7.05 Å². The number of rotatable bonds is 4. The predicted molar refractivity (Wildman–Crippen MR) is 111 cm³/mol. The number of pyridine rings is 1. The van der Waals surface area contributed by atoms with E-state index in [-0.39, 0.29) is 5.82 Å². The highest BCUT2D eigenvalue weighted by Gasteiger charge is 2.18. The lowest BCUT2D eigenvalue weighted by Crippen LogP contribution is -2.16. The van der Waals surface area contributed by atoms with Crippen LogP contribution in [0.2, 0.25) is 0 Å². The summed E-state index contributed by atoms with van der Waals surface area (Å²) in [6, 6.07) is 16.6. The fraction of sp³-hybridized carbons (Fsp3) is 0.0870. The van der Waals surface area contributed by atoms with Crippen molar-refractivity contribution in [3.8, 4) is 22.5 Å². The van der Waals surface area contributed by atoms with Crippen LogP contribution in [0.4, 0.5) is 14.6 Å². The van der Waals surface area contributed by atoms with Gasteiger partial charge in [0.15, 0.2) is 0 Å². The summed E-state index contributed by atoms with van der Waals surface area (Å²) < 4.78 is 29.3. The van der Waals surface area contributed by atoms with Crippen LogP contribution in [0.25, 0.3) is 22.5 Å². The molecule has 0 aliphatic rings. The van der Waals surface area contributed by atoms with E-state index in [1.165, 1.54) is 6.07 Å². The summed E-state index contributed by atoms with van der Waals surface area (Å²) in [5, 5.41) is 7.00. The lowest BCUT2D eigenvalue weighted by molar-refractivity contribution is 0.101. The molecule has 2 aromatic carbocycles. The normalized spacial score (nSPS) is 10.8. The van der Waals surface area contributed by atoms with Gasteiger partial charge in [-0.25, -0.2) is 13.8 Å². The van der Waals surface area contributed by atoms with Gasteiger partial charge in [-0.05, 0) is 42.8 Å². The Hall–Kier alpha value is -3.87. The van der Waals surface area contributed by atoms with Gasteiger partial charge < -0.3 is 5.32 Å². The molecule has 0 spiro atoms. The zero-order chi connectivity index (χ0) is 21.3. The van der Waals surface area contributed by atoms with Crippen LogP contribution in [0.5, 0.6) is 0 Å². The number of carbonyl (C=O) groups excluding carboxylic acids is 1. The fourth-order valence-corrected chi connectivity index (χ4v) is 3.24. The molecule has 2 heterocycles. The fourth-order valence-electron chi connectivity index (χ4n) is 3.24. The molecule has 4 aromatic rings. The minimum atomic E-state index is -0.928. The van der Waals surface area contributed by atoms with Crippen molar-refractivity contribution in [3.63, 3.8) is 0 Å². The molecular formula is C23H18F2N4O. The Morgan fingerprint density at radius 2 is 1.73 bits per heavy atom. The highest BCUT2D eigenvalue weighted by atomic mass is 19.1. The molecular weight excluding hydrogens is 386 g/mol. The summed E-state index contributed by atoms with van der Waals surface area (Å²) in [6.45, 7) is 2.03. The van der Waals surface area contributed by atoms with Gasteiger partial charge in [0.2, 0.25) is 0 Å². The molecule has 0 atom stereocenters. The SMILES string of the molecule is Cc1ccccc1-c1cc(-c2ccc(NC(=O)c3c(F)cccc3F)nc2)n(C)n1. The molecule has 30 heavy (non-hydrogen) atoms. The molecule has 0 saturated heterocycles. The molecule has 2 aromatic heterocycles. The third-order valence-corrected chi connectivity index (χ3v) is 4.79. The van der Waals surface area contributed by atoms with Crippen molar-refractivity contribution >= 4 is 11.7 Å². The van der Waals surface area contributed by atoms with Crippen molar-refractivity contribution in [1.29, 1.82) is 0 Å². The molecule has 1 N–H and O–H groups in total. The van der Waals surface area contributed by atoms with Gasteiger partial charge in [0.25, 0.3) is 5.91 Å². The molecule has 0 bridgehead atoms. The van der Waals surface area contributed by atoms with Crippen LogP contribution >= 0.6 is 0 Å². The average Bonchev–Trinajstić information content (AvgIpc) is 3.10. The Bertz CT molecular complexity index is 1210. The average molecular weight is 404 g/mol. The highest BCUT2D eigenvalue weighted by molar-refractivity contribution is 6.04. The minimum absolute atomic E-state index is 0.188. The summed E-state index contributed by atoms with van der Waals surface area (Å²) in [5.41, 5.74) is 4.01. The molecule has 0 radical (unpaired) electrons. The van der Waals surface area contributed by atoms with Crippen molar-refractivity contribution in [2.45, 2.75) is 6.92 Å². The Labute approximate surface area is 172 Å². The van der Waals surface area contributed by atoms with E-state index in [1.54, 1.807) is 23.0 Å². The van der Waals surface area contributed by atoms with Gasteiger partial charge in [-0.3, -0.25) is 9.48 Å². The quantitative estimate of drug-likeness (QED) is 0.521. The summed E-state index contributed by atoms with van der Waals surface area (Å²) >= 11 is 0. The Morgan fingerprint density at radius 3 is 2.40 bits per heavy atom. The van der Waals surface area contributed by atoms with Gasteiger partial charge in [0.05, 0.1) is 11.4 Å². The van der Waals surface area contributed by atoms with Gasteiger partial charge in [-0.1, -0.05) is 30.3 Å². The summed E-state index contributed by atoms with van der Waals surface area (Å²) in [6.07, 6.45) is 1.58. The van der Waals surface area contributed by atoms with Crippen molar-refractivity contribution in [3.05, 3.63) is 89.6 Å². The van der Waals surface area contributed by atoms with Crippen LogP contribution < -0.4 is 5.32 Å². The third kappa shape index (κ3) is 3.69. The van der Waals surface area contributed by atoms with E-state index in [4.69, 9.17) is 0 Å². The lowest BCUT2D eigenvalue weighted by Gasteiger charge is -2.07. The van der Waals surface area contributed by atoms with E-state index < -0.39 is 23.1 Å². The minimum Gasteiger partial charge on any atom is -0.306 e. The Balaban J connectivity index is 1.57. The smallest absolute Gasteiger partial charge is 0.262 e. The molecule has 7 heteroatoms. The third-order valence-electron chi connectivity index (χ3n) is 4.79. The molecule has 0 aliphatic heterocycles. The number of amides is 1. The highest BCUT2D eigenvalue weighted by Crippen LogP contribution is 2.27.